The van der Waals surface area contributed by atoms with E-state index >= 15 is 0 Å². The first kappa shape index (κ1) is 17.5. The van der Waals surface area contributed by atoms with Gasteiger partial charge in [0.1, 0.15) is 22.3 Å². The average Bonchev–Trinajstić information content (AvgIpc) is 3.13. The monoisotopic (exact) mass is 373 g/mol. The van der Waals surface area contributed by atoms with Crippen LogP contribution in [0.4, 0.5) is 15.8 Å². The van der Waals surface area contributed by atoms with E-state index in [-0.39, 0.29) is 17.1 Å². The Bertz CT molecular complexity index is 972. The van der Waals surface area contributed by atoms with E-state index in [1.807, 2.05) is 0 Å². The standard InChI is InChI=1S/C17H12FN3O4S/c1-25-12-5-2-10(3-6-12)17-20-15(9-26-17)16(22)19-14-8-11(21(23)24)4-7-13(14)18/h2-9H,1H3,(H,19,22). The van der Waals surface area contributed by atoms with Gasteiger partial charge in [-0.15, -0.1) is 11.3 Å². The lowest BCUT2D eigenvalue weighted by Gasteiger charge is -2.04. The van der Waals surface area contributed by atoms with E-state index in [1.165, 1.54) is 16.7 Å². The number of non-ortho nitro benzene ring substituents is 1. The highest BCUT2D eigenvalue weighted by Crippen LogP contribution is 2.27. The van der Waals surface area contributed by atoms with Gasteiger partial charge in [-0.3, -0.25) is 14.9 Å². The van der Waals surface area contributed by atoms with Gasteiger partial charge in [-0.2, -0.15) is 0 Å². The molecule has 3 aromatic rings. The molecule has 0 spiro atoms. The van der Waals surface area contributed by atoms with Crippen molar-refractivity contribution in [2.45, 2.75) is 0 Å². The summed E-state index contributed by atoms with van der Waals surface area (Å²) in [5.41, 5.74) is 0.296. The van der Waals surface area contributed by atoms with Gasteiger partial charge < -0.3 is 10.1 Å². The van der Waals surface area contributed by atoms with Crippen LogP contribution in [0.1, 0.15) is 10.5 Å². The third-order valence-electron chi connectivity index (χ3n) is 3.48. The number of benzene rings is 2. The van der Waals surface area contributed by atoms with Gasteiger partial charge in [0.25, 0.3) is 11.6 Å². The highest BCUT2D eigenvalue weighted by molar-refractivity contribution is 7.13. The maximum atomic E-state index is 13.8. The zero-order valence-electron chi connectivity index (χ0n) is 13.4. The highest BCUT2D eigenvalue weighted by Gasteiger charge is 2.16. The molecule has 3 rings (SSSR count). The normalized spacial score (nSPS) is 10.4. The largest absolute Gasteiger partial charge is 0.497 e. The zero-order valence-corrected chi connectivity index (χ0v) is 14.2. The lowest BCUT2D eigenvalue weighted by Crippen LogP contribution is -2.13. The summed E-state index contributed by atoms with van der Waals surface area (Å²) in [5, 5.41) is 15.2. The fourth-order valence-corrected chi connectivity index (χ4v) is 2.96. The number of ether oxygens (including phenoxy) is 1. The highest BCUT2D eigenvalue weighted by atomic mass is 32.1. The van der Waals surface area contributed by atoms with Crippen LogP contribution in [0.25, 0.3) is 10.6 Å². The van der Waals surface area contributed by atoms with Gasteiger partial charge in [-0.25, -0.2) is 9.37 Å². The van der Waals surface area contributed by atoms with Crippen LogP contribution < -0.4 is 10.1 Å². The summed E-state index contributed by atoms with van der Waals surface area (Å²) in [6.07, 6.45) is 0. The Morgan fingerprint density at radius 2 is 2.00 bits per heavy atom. The van der Waals surface area contributed by atoms with Gasteiger partial charge >= 0.3 is 0 Å². The topological polar surface area (TPSA) is 94.4 Å². The Morgan fingerprint density at radius 1 is 1.27 bits per heavy atom. The second-order valence-corrected chi connectivity index (χ2v) is 6.00. The predicted octanol–water partition coefficient (Wildman–Crippen LogP) is 4.12. The fraction of sp³-hybridized carbons (Fsp3) is 0.0588. The van der Waals surface area contributed by atoms with Crippen LogP contribution in [0.3, 0.4) is 0 Å². The molecule has 0 saturated carbocycles. The van der Waals surface area contributed by atoms with Crippen molar-refractivity contribution in [1.82, 2.24) is 4.98 Å². The molecule has 0 bridgehead atoms. The average molecular weight is 373 g/mol. The second kappa shape index (κ2) is 7.28. The zero-order chi connectivity index (χ0) is 18.7. The van der Waals surface area contributed by atoms with E-state index in [1.54, 1.807) is 31.4 Å². The minimum Gasteiger partial charge on any atom is -0.497 e. The molecular formula is C17H12FN3O4S. The Labute approximate surface area is 151 Å². The number of amides is 1. The summed E-state index contributed by atoms with van der Waals surface area (Å²) in [6, 6.07) is 10.1. The maximum Gasteiger partial charge on any atom is 0.275 e. The number of anilines is 1. The number of hydrogen-bond acceptors (Lipinski definition) is 6. The first-order chi connectivity index (χ1) is 12.5. The van der Waals surface area contributed by atoms with E-state index in [2.05, 4.69) is 10.3 Å². The molecule has 132 valence electrons. The number of nitro groups is 1. The van der Waals surface area contributed by atoms with Crippen LogP contribution in [0.15, 0.2) is 47.8 Å². The van der Waals surface area contributed by atoms with Crippen molar-refractivity contribution in [3.63, 3.8) is 0 Å². The number of nitro benzene ring substituents is 1. The molecule has 0 unspecified atom stereocenters. The van der Waals surface area contributed by atoms with E-state index in [4.69, 9.17) is 4.74 Å². The Morgan fingerprint density at radius 3 is 2.65 bits per heavy atom. The quantitative estimate of drug-likeness (QED) is 0.536. The molecule has 0 aliphatic rings. The van der Waals surface area contributed by atoms with Gasteiger partial charge in [0, 0.05) is 23.1 Å². The number of aromatic nitrogens is 1. The van der Waals surface area contributed by atoms with Crippen molar-refractivity contribution in [2.24, 2.45) is 0 Å². The summed E-state index contributed by atoms with van der Waals surface area (Å²) in [4.78, 5) is 26.6. The summed E-state index contributed by atoms with van der Waals surface area (Å²) in [6.45, 7) is 0. The summed E-state index contributed by atoms with van der Waals surface area (Å²) < 4.78 is 18.9. The lowest BCUT2D eigenvalue weighted by atomic mass is 10.2. The molecule has 1 heterocycles. The molecule has 0 aliphatic carbocycles. The molecule has 7 nitrogen and oxygen atoms in total. The van der Waals surface area contributed by atoms with Crippen LogP contribution in [0.2, 0.25) is 0 Å². The molecule has 0 aliphatic heterocycles. The van der Waals surface area contributed by atoms with Crippen molar-refractivity contribution in [3.8, 4) is 16.3 Å². The molecule has 26 heavy (non-hydrogen) atoms. The van der Waals surface area contributed by atoms with Crippen molar-refractivity contribution in [1.29, 1.82) is 0 Å². The summed E-state index contributed by atoms with van der Waals surface area (Å²) in [7, 11) is 1.56. The van der Waals surface area contributed by atoms with Crippen LogP contribution >= 0.6 is 11.3 Å². The molecule has 1 aromatic heterocycles. The molecule has 0 fully saturated rings. The van der Waals surface area contributed by atoms with Crippen molar-refractivity contribution >= 4 is 28.6 Å². The molecule has 0 radical (unpaired) electrons. The fourth-order valence-electron chi connectivity index (χ4n) is 2.15. The van der Waals surface area contributed by atoms with Gasteiger partial charge in [0.2, 0.25) is 0 Å². The summed E-state index contributed by atoms with van der Waals surface area (Å²) >= 11 is 1.25. The van der Waals surface area contributed by atoms with Crippen LogP contribution in [0.5, 0.6) is 5.75 Å². The Kier molecular flexibility index (Phi) is 4.90. The second-order valence-electron chi connectivity index (χ2n) is 5.14. The van der Waals surface area contributed by atoms with E-state index in [0.717, 1.165) is 23.8 Å². The minimum atomic E-state index is -0.769. The van der Waals surface area contributed by atoms with E-state index in [9.17, 15) is 19.3 Å². The SMILES string of the molecule is COc1ccc(-c2nc(C(=O)Nc3cc([N+](=O)[O-])ccc3F)cs2)cc1. The number of nitrogens with one attached hydrogen (secondary N) is 1. The first-order valence-electron chi connectivity index (χ1n) is 7.33. The molecule has 0 saturated heterocycles. The molecule has 9 heteroatoms. The van der Waals surface area contributed by atoms with E-state index in [0.29, 0.717) is 10.8 Å². The third-order valence-corrected chi connectivity index (χ3v) is 4.37. The number of hydrogen-bond donors (Lipinski definition) is 1. The molecule has 0 atom stereocenters. The molecule has 2 aromatic carbocycles. The maximum absolute atomic E-state index is 13.8. The van der Waals surface area contributed by atoms with E-state index < -0.39 is 16.6 Å². The summed E-state index contributed by atoms with van der Waals surface area (Å²) in [5.74, 6) is -0.723. The number of nitrogens with zero attached hydrogens (tertiary/aromatic N) is 2. The minimum absolute atomic E-state index is 0.0896. The lowest BCUT2D eigenvalue weighted by molar-refractivity contribution is -0.384. The van der Waals surface area contributed by atoms with Gasteiger partial charge in [-0.1, -0.05) is 0 Å². The Balaban J connectivity index is 1.80. The molecule has 1 amide bonds. The first-order valence-corrected chi connectivity index (χ1v) is 8.21. The number of halogens is 1. The van der Waals surface area contributed by atoms with Crippen molar-refractivity contribution in [2.75, 3.05) is 12.4 Å². The molecular weight excluding hydrogens is 361 g/mol. The van der Waals surface area contributed by atoms with Crippen LogP contribution in [-0.2, 0) is 0 Å². The third kappa shape index (κ3) is 3.67. The number of carbonyl (C=O) groups excluding carboxylic acids is 1. The molecule has 1 N–H and O–H groups in total. The number of carbonyl (C=O) groups is 1. The smallest absolute Gasteiger partial charge is 0.275 e. The predicted molar refractivity (Wildman–Crippen MR) is 95.1 cm³/mol. The van der Waals surface area contributed by atoms with Crippen LogP contribution in [0, 0.1) is 15.9 Å². The van der Waals surface area contributed by atoms with Crippen molar-refractivity contribution in [3.05, 3.63) is 69.5 Å². The van der Waals surface area contributed by atoms with Crippen LogP contribution in [-0.4, -0.2) is 22.9 Å². The van der Waals surface area contributed by atoms with Gasteiger partial charge in [-0.05, 0) is 30.3 Å². The number of thiazole rings is 1. The Hall–Kier alpha value is -3.33. The van der Waals surface area contributed by atoms with Gasteiger partial charge in [0.05, 0.1) is 17.7 Å². The number of rotatable bonds is 5. The van der Waals surface area contributed by atoms with Crippen molar-refractivity contribution < 1.29 is 18.8 Å². The van der Waals surface area contributed by atoms with Gasteiger partial charge in [0.15, 0.2) is 0 Å². The number of methoxy groups -OCH3 is 1.